The Hall–Kier alpha value is -4.10. The van der Waals surface area contributed by atoms with Crippen LogP contribution in [0.1, 0.15) is 15.2 Å². The standard InChI is InChI=1S/C22H13F2N3O6S2/c1-32-14-4-11(24)13(27-20(28)16-12(26-22(27)31)7-34-19(16)21(29)30)5-15(14)33-6-9-2-3-10(23)18-17(9)25-8-35-18/h2-5,7-8H,6H2,1H3,(H,26,31)(H,29,30). The second kappa shape index (κ2) is 8.60. The fraction of sp³-hybridized carbons (Fsp3) is 0.0909. The summed E-state index contributed by atoms with van der Waals surface area (Å²) in [5.41, 5.74) is 0.0694. The lowest BCUT2D eigenvalue weighted by atomic mass is 10.2. The van der Waals surface area contributed by atoms with Crippen LogP contribution in [-0.4, -0.2) is 32.7 Å². The molecule has 2 N–H and O–H groups in total. The van der Waals surface area contributed by atoms with Crippen LogP contribution in [0.2, 0.25) is 0 Å². The third kappa shape index (κ3) is 3.74. The van der Waals surface area contributed by atoms with Gasteiger partial charge >= 0.3 is 11.7 Å². The van der Waals surface area contributed by atoms with Gasteiger partial charge in [-0.25, -0.2) is 27.9 Å². The number of nitrogens with one attached hydrogen (secondary N) is 1. The zero-order valence-electron chi connectivity index (χ0n) is 17.6. The van der Waals surface area contributed by atoms with E-state index in [4.69, 9.17) is 9.47 Å². The van der Waals surface area contributed by atoms with Crippen molar-refractivity contribution in [3.05, 3.63) is 78.1 Å². The third-order valence-electron chi connectivity index (χ3n) is 5.22. The number of benzene rings is 2. The summed E-state index contributed by atoms with van der Waals surface area (Å²) in [6.45, 7) is -0.0973. The van der Waals surface area contributed by atoms with Crippen LogP contribution in [0, 0.1) is 11.6 Å². The highest BCUT2D eigenvalue weighted by atomic mass is 32.1. The van der Waals surface area contributed by atoms with E-state index in [0.717, 1.165) is 34.8 Å². The van der Waals surface area contributed by atoms with Gasteiger partial charge in [0.15, 0.2) is 17.3 Å². The van der Waals surface area contributed by atoms with E-state index in [1.54, 1.807) is 0 Å². The number of fused-ring (bicyclic) bond motifs is 2. The molecule has 13 heteroatoms. The Balaban J connectivity index is 1.62. The molecule has 3 aromatic heterocycles. The van der Waals surface area contributed by atoms with Crippen LogP contribution in [0.5, 0.6) is 11.5 Å². The molecule has 0 bridgehead atoms. The lowest BCUT2D eigenvalue weighted by Gasteiger charge is -2.14. The number of aromatic nitrogens is 3. The molecular formula is C22H13F2N3O6S2. The average molecular weight is 517 g/mol. The van der Waals surface area contributed by atoms with Crippen molar-refractivity contribution in [1.82, 2.24) is 14.5 Å². The molecule has 9 nitrogen and oxygen atoms in total. The maximum absolute atomic E-state index is 15.0. The minimum atomic E-state index is -1.35. The van der Waals surface area contributed by atoms with Gasteiger partial charge in [0, 0.05) is 23.1 Å². The van der Waals surface area contributed by atoms with E-state index in [2.05, 4.69) is 9.97 Å². The number of halogens is 2. The van der Waals surface area contributed by atoms with E-state index in [1.165, 1.54) is 30.1 Å². The molecule has 0 saturated heterocycles. The summed E-state index contributed by atoms with van der Waals surface area (Å²) in [6, 6.07) is 4.82. The Labute approximate surface area is 201 Å². The first-order valence-corrected chi connectivity index (χ1v) is 11.6. The predicted molar refractivity (Wildman–Crippen MR) is 125 cm³/mol. The normalized spacial score (nSPS) is 11.3. The van der Waals surface area contributed by atoms with E-state index in [1.807, 2.05) is 0 Å². The van der Waals surface area contributed by atoms with Gasteiger partial charge in [-0.15, -0.1) is 22.7 Å². The average Bonchev–Trinajstić information content (AvgIpc) is 3.48. The fourth-order valence-electron chi connectivity index (χ4n) is 3.63. The number of thiophene rings is 1. The summed E-state index contributed by atoms with van der Waals surface area (Å²) >= 11 is 1.90. The SMILES string of the molecule is COc1cc(F)c(-n2c(=O)[nH]c3csc(C(=O)O)c3c2=O)cc1OCc1ccc(F)c2scnc12. The highest BCUT2D eigenvalue weighted by molar-refractivity contribution is 7.16. The summed E-state index contributed by atoms with van der Waals surface area (Å²) < 4.78 is 40.8. The van der Waals surface area contributed by atoms with Gasteiger partial charge < -0.3 is 19.6 Å². The maximum Gasteiger partial charge on any atom is 0.346 e. The van der Waals surface area contributed by atoms with Gasteiger partial charge in [0.2, 0.25) is 0 Å². The van der Waals surface area contributed by atoms with Crippen LogP contribution in [-0.2, 0) is 6.61 Å². The molecule has 0 fully saturated rings. The van der Waals surface area contributed by atoms with Crippen molar-refractivity contribution >= 4 is 49.8 Å². The molecule has 0 unspecified atom stereocenters. The second-order valence-electron chi connectivity index (χ2n) is 7.21. The van der Waals surface area contributed by atoms with Crippen molar-refractivity contribution in [1.29, 1.82) is 0 Å². The molecular weight excluding hydrogens is 504 g/mol. The summed E-state index contributed by atoms with van der Waals surface area (Å²) in [5.74, 6) is -2.78. The Morgan fingerprint density at radius 2 is 1.97 bits per heavy atom. The number of aromatic amines is 1. The molecule has 0 aliphatic rings. The van der Waals surface area contributed by atoms with Gasteiger partial charge in [0.25, 0.3) is 5.56 Å². The third-order valence-corrected chi connectivity index (χ3v) is 7.03. The number of rotatable bonds is 6. The predicted octanol–water partition coefficient (Wildman–Crippen LogP) is 3.91. The first-order chi connectivity index (χ1) is 16.8. The number of nitrogens with zero attached hydrogens (tertiary/aromatic N) is 2. The lowest BCUT2D eigenvalue weighted by molar-refractivity contribution is 0.0704. The molecule has 0 atom stereocenters. The summed E-state index contributed by atoms with van der Waals surface area (Å²) in [5, 5.41) is 10.5. The van der Waals surface area contributed by atoms with Gasteiger partial charge in [-0.3, -0.25) is 4.79 Å². The Morgan fingerprint density at radius 1 is 1.17 bits per heavy atom. The van der Waals surface area contributed by atoms with Crippen LogP contribution in [0.4, 0.5) is 8.78 Å². The molecule has 178 valence electrons. The molecule has 0 radical (unpaired) electrons. The number of methoxy groups -OCH3 is 1. The first kappa shape index (κ1) is 22.7. The number of ether oxygens (including phenoxy) is 2. The van der Waals surface area contributed by atoms with E-state index < -0.39 is 34.5 Å². The van der Waals surface area contributed by atoms with Gasteiger partial charge in [-0.2, -0.15) is 0 Å². The molecule has 0 aliphatic carbocycles. The quantitative estimate of drug-likeness (QED) is 0.350. The number of carbonyl (C=O) groups is 1. The van der Waals surface area contributed by atoms with Crippen LogP contribution in [0.15, 0.2) is 44.7 Å². The van der Waals surface area contributed by atoms with Gasteiger partial charge in [-0.05, 0) is 6.07 Å². The zero-order chi connectivity index (χ0) is 24.9. The first-order valence-electron chi connectivity index (χ1n) is 9.81. The van der Waals surface area contributed by atoms with E-state index in [9.17, 15) is 23.9 Å². The molecule has 3 heterocycles. The largest absolute Gasteiger partial charge is 0.493 e. The number of hydrogen-bond donors (Lipinski definition) is 2. The molecule has 5 aromatic rings. The molecule has 35 heavy (non-hydrogen) atoms. The number of carboxylic acids is 1. The molecule has 2 aromatic carbocycles. The van der Waals surface area contributed by atoms with E-state index in [0.29, 0.717) is 20.3 Å². The molecule has 0 spiro atoms. The minimum Gasteiger partial charge on any atom is -0.493 e. The van der Waals surface area contributed by atoms with Crippen LogP contribution in [0.25, 0.3) is 26.8 Å². The van der Waals surface area contributed by atoms with Crippen LogP contribution in [0.3, 0.4) is 0 Å². The van der Waals surface area contributed by atoms with Crippen molar-refractivity contribution < 1.29 is 28.2 Å². The summed E-state index contributed by atoms with van der Waals surface area (Å²) in [7, 11) is 1.29. The van der Waals surface area contributed by atoms with Gasteiger partial charge in [0.05, 0.1) is 39.4 Å². The van der Waals surface area contributed by atoms with Crippen molar-refractivity contribution in [2.45, 2.75) is 6.61 Å². The highest BCUT2D eigenvalue weighted by Crippen LogP contribution is 2.33. The highest BCUT2D eigenvalue weighted by Gasteiger charge is 2.22. The molecule has 5 rings (SSSR count). The number of H-pyrrole nitrogens is 1. The Bertz CT molecular complexity index is 1750. The number of carboxylic acid groups (broad SMARTS) is 1. The Morgan fingerprint density at radius 3 is 2.71 bits per heavy atom. The van der Waals surface area contributed by atoms with Crippen LogP contribution >= 0.6 is 22.7 Å². The number of hydrogen-bond acceptors (Lipinski definition) is 8. The number of thiazole rings is 1. The van der Waals surface area contributed by atoms with Crippen molar-refractivity contribution in [2.75, 3.05) is 7.11 Å². The molecule has 0 aliphatic heterocycles. The van der Waals surface area contributed by atoms with Gasteiger partial charge in [-0.1, -0.05) is 6.07 Å². The second-order valence-corrected chi connectivity index (χ2v) is 8.94. The zero-order valence-corrected chi connectivity index (χ0v) is 19.3. The van der Waals surface area contributed by atoms with E-state index in [-0.39, 0.29) is 33.9 Å². The summed E-state index contributed by atoms with van der Waals surface area (Å²) in [4.78, 5) is 43.5. The van der Waals surface area contributed by atoms with Crippen molar-refractivity contribution in [3.8, 4) is 17.2 Å². The number of aromatic carboxylic acids is 1. The minimum absolute atomic E-state index is 0.00761. The van der Waals surface area contributed by atoms with Gasteiger partial charge in [0.1, 0.15) is 17.3 Å². The monoisotopic (exact) mass is 517 g/mol. The topological polar surface area (TPSA) is 124 Å². The van der Waals surface area contributed by atoms with Crippen molar-refractivity contribution in [3.63, 3.8) is 0 Å². The van der Waals surface area contributed by atoms with Crippen LogP contribution < -0.4 is 20.7 Å². The van der Waals surface area contributed by atoms with E-state index >= 15 is 4.39 Å². The molecule has 0 amide bonds. The van der Waals surface area contributed by atoms with Crippen molar-refractivity contribution in [2.24, 2.45) is 0 Å². The molecule has 0 saturated carbocycles. The smallest absolute Gasteiger partial charge is 0.346 e. The fourth-order valence-corrected chi connectivity index (χ4v) is 5.19. The maximum atomic E-state index is 15.0. The Kier molecular flexibility index (Phi) is 5.57. The lowest BCUT2D eigenvalue weighted by Crippen LogP contribution is -2.34. The summed E-state index contributed by atoms with van der Waals surface area (Å²) in [6.07, 6.45) is 0.